The average molecular weight is 488 g/mol. The Hall–Kier alpha value is -3.91. The highest BCUT2D eigenvalue weighted by Crippen LogP contribution is 2.44. The number of methoxy groups -OCH3 is 1. The largest absolute Gasteiger partial charge is 0.497 e. The lowest BCUT2D eigenvalue weighted by Crippen LogP contribution is -2.43. The summed E-state index contributed by atoms with van der Waals surface area (Å²) in [6, 6.07) is 17.9. The molecular formula is C28H29N3O5. The van der Waals surface area contributed by atoms with Crippen LogP contribution in [0.15, 0.2) is 65.3 Å². The molecule has 0 bridgehead atoms. The molecule has 1 saturated heterocycles. The summed E-state index contributed by atoms with van der Waals surface area (Å²) in [5, 5.41) is 9.86. The lowest BCUT2D eigenvalue weighted by Gasteiger charge is -2.36. The van der Waals surface area contributed by atoms with Gasteiger partial charge in [0, 0.05) is 30.1 Å². The molecule has 2 unspecified atom stereocenters. The zero-order valence-electron chi connectivity index (χ0n) is 20.4. The third-order valence-electron chi connectivity index (χ3n) is 6.80. The third kappa shape index (κ3) is 4.90. The number of aromatic nitrogens is 2. The summed E-state index contributed by atoms with van der Waals surface area (Å²) in [7, 11) is 3.68. The molecule has 36 heavy (non-hydrogen) atoms. The molecule has 186 valence electrons. The van der Waals surface area contributed by atoms with Crippen molar-refractivity contribution in [2.45, 2.75) is 37.8 Å². The van der Waals surface area contributed by atoms with E-state index in [0.717, 1.165) is 47.2 Å². The van der Waals surface area contributed by atoms with Crippen LogP contribution < -0.4 is 9.47 Å². The van der Waals surface area contributed by atoms with Gasteiger partial charge in [0.05, 0.1) is 7.11 Å². The second-order valence-corrected chi connectivity index (χ2v) is 9.09. The molecule has 8 heteroatoms. The van der Waals surface area contributed by atoms with E-state index in [1.807, 2.05) is 61.6 Å². The van der Waals surface area contributed by atoms with Crippen LogP contribution in [0.4, 0.5) is 0 Å². The Morgan fingerprint density at radius 3 is 2.61 bits per heavy atom. The summed E-state index contributed by atoms with van der Waals surface area (Å²) in [6.45, 7) is 0.829. The molecule has 1 fully saturated rings. The number of rotatable bonds is 8. The van der Waals surface area contributed by atoms with Crippen molar-refractivity contribution in [2.24, 2.45) is 0 Å². The molecule has 2 aromatic heterocycles. The van der Waals surface area contributed by atoms with E-state index in [1.54, 1.807) is 7.11 Å². The number of benzene rings is 2. The Balaban J connectivity index is 1.55. The minimum atomic E-state index is -0.778. The second-order valence-electron chi connectivity index (χ2n) is 9.09. The number of hydrogen-bond donors (Lipinski definition) is 1. The number of fused-ring (bicyclic) bond motifs is 1. The van der Waals surface area contributed by atoms with Crippen molar-refractivity contribution >= 4 is 17.1 Å². The van der Waals surface area contributed by atoms with E-state index < -0.39 is 5.97 Å². The van der Waals surface area contributed by atoms with Gasteiger partial charge in [0.15, 0.2) is 0 Å². The fourth-order valence-corrected chi connectivity index (χ4v) is 4.85. The normalized spacial score (nSPS) is 18.3. The van der Waals surface area contributed by atoms with Crippen molar-refractivity contribution in [3.05, 3.63) is 60.9 Å². The molecule has 5 rings (SSSR count). The van der Waals surface area contributed by atoms with Crippen LogP contribution in [-0.4, -0.2) is 58.8 Å². The first-order valence-electron chi connectivity index (χ1n) is 12.1. The summed E-state index contributed by atoms with van der Waals surface area (Å²) in [5.41, 5.74) is 3.20. The molecule has 1 aliphatic heterocycles. The predicted octanol–water partition coefficient (Wildman–Crippen LogP) is 5.27. The number of carboxylic acids is 1. The second kappa shape index (κ2) is 10.4. The molecule has 8 nitrogen and oxygen atoms in total. The maximum Gasteiger partial charge on any atom is 0.303 e. The van der Waals surface area contributed by atoms with E-state index in [1.165, 1.54) is 6.33 Å². The van der Waals surface area contributed by atoms with Crippen LogP contribution in [0.5, 0.6) is 11.6 Å². The predicted molar refractivity (Wildman–Crippen MR) is 136 cm³/mol. The topological polar surface area (TPSA) is 97.9 Å². The number of carboxylic acid groups (broad SMARTS) is 1. The molecule has 0 radical (unpaired) electrons. The van der Waals surface area contributed by atoms with Gasteiger partial charge in [-0.15, -0.1) is 0 Å². The number of ether oxygens (including phenoxy) is 2. The van der Waals surface area contributed by atoms with Crippen molar-refractivity contribution in [3.8, 4) is 34.1 Å². The number of piperidine rings is 1. The number of furan rings is 1. The number of carbonyl (C=O) groups is 1. The third-order valence-corrected chi connectivity index (χ3v) is 6.80. The van der Waals surface area contributed by atoms with Gasteiger partial charge in [-0.2, -0.15) is 0 Å². The van der Waals surface area contributed by atoms with Crippen molar-refractivity contribution in [3.63, 3.8) is 0 Å². The van der Waals surface area contributed by atoms with E-state index in [0.29, 0.717) is 23.8 Å². The van der Waals surface area contributed by atoms with Gasteiger partial charge in [-0.25, -0.2) is 9.97 Å². The monoisotopic (exact) mass is 487 g/mol. The van der Waals surface area contributed by atoms with E-state index in [9.17, 15) is 4.79 Å². The average Bonchev–Trinajstić information content (AvgIpc) is 3.30. The molecule has 3 heterocycles. The van der Waals surface area contributed by atoms with Gasteiger partial charge in [0.25, 0.3) is 0 Å². The first-order chi connectivity index (χ1) is 17.5. The molecular weight excluding hydrogens is 458 g/mol. The zero-order chi connectivity index (χ0) is 25.1. The van der Waals surface area contributed by atoms with Gasteiger partial charge in [-0.1, -0.05) is 42.5 Å². The summed E-state index contributed by atoms with van der Waals surface area (Å²) in [6.07, 6.45) is 3.67. The summed E-state index contributed by atoms with van der Waals surface area (Å²) < 4.78 is 18.1. The lowest BCUT2D eigenvalue weighted by molar-refractivity contribution is -0.137. The van der Waals surface area contributed by atoms with Crippen molar-refractivity contribution in [1.82, 2.24) is 14.9 Å². The number of nitrogens with zero attached hydrogens (tertiary/aromatic N) is 3. The molecule has 4 aromatic rings. The smallest absolute Gasteiger partial charge is 0.303 e. The van der Waals surface area contributed by atoms with Crippen LogP contribution in [0.1, 0.15) is 25.7 Å². The maximum absolute atomic E-state index is 11.1. The van der Waals surface area contributed by atoms with Gasteiger partial charge in [0.2, 0.25) is 11.6 Å². The van der Waals surface area contributed by atoms with Gasteiger partial charge in [-0.3, -0.25) is 4.79 Å². The van der Waals surface area contributed by atoms with Crippen molar-refractivity contribution < 1.29 is 23.8 Å². The standard InChI is InChI=1S/C28H29N3O5/c1-31-15-14-22(16-20(31)10-13-23(32)33)35-27-25-24(18-8-11-21(34-2)12-9-18)26(19-6-4-3-5-7-19)36-28(25)30-17-29-27/h3-9,11-12,17,20,22H,10,13-16H2,1-2H3,(H,32,33). The highest BCUT2D eigenvalue weighted by Gasteiger charge is 2.30. The Labute approximate surface area is 209 Å². The van der Waals surface area contributed by atoms with E-state index in [-0.39, 0.29) is 18.6 Å². The van der Waals surface area contributed by atoms with Crippen LogP contribution in [0.25, 0.3) is 33.6 Å². The van der Waals surface area contributed by atoms with Gasteiger partial charge in [-0.05, 0) is 44.0 Å². The minimum Gasteiger partial charge on any atom is -0.497 e. The quantitative estimate of drug-likeness (QED) is 0.359. The summed E-state index contributed by atoms with van der Waals surface area (Å²) >= 11 is 0. The van der Waals surface area contributed by atoms with E-state index in [2.05, 4.69) is 14.9 Å². The van der Waals surface area contributed by atoms with Gasteiger partial charge >= 0.3 is 5.97 Å². The zero-order valence-corrected chi connectivity index (χ0v) is 20.4. The Morgan fingerprint density at radius 2 is 1.89 bits per heavy atom. The fraction of sp³-hybridized carbons (Fsp3) is 0.321. The van der Waals surface area contributed by atoms with E-state index >= 15 is 0 Å². The fourth-order valence-electron chi connectivity index (χ4n) is 4.85. The first kappa shape index (κ1) is 23.8. The van der Waals surface area contributed by atoms with Crippen molar-refractivity contribution in [1.29, 1.82) is 0 Å². The van der Waals surface area contributed by atoms with Crippen molar-refractivity contribution in [2.75, 3.05) is 20.7 Å². The molecule has 0 aliphatic carbocycles. The van der Waals surface area contributed by atoms with Crippen LogP contribution in [0.3, 0.4) is 0 Å². The van der Waals surface area contributed by atoms with Crippen LogP contribution in [0, 0.1) is 0 Å². The van der Waals surface area contributed by atoms with Gasteiger partial charge in [0.1, 0.15) is 29.3 Å². The molecule has 0 spiro atoms. The van der Waals surface area contributed by atoms with Crippen LogP contribution in [0.2, 0.25) is 0 Å². The first-order valence-corrected chi connectivity index (χ1v) is 12.1. The Morgan fingerprint density at radius 1 is 1.11 bits per heavy atom. The maximum atomic E-state index is 11.1. The number of likely N-dealkylation sites (tertiary alicyclic amines) is 1. The number of hydrogen-bond acceptors (Lipinski definition) is 7. The highest BCUT2D eigenvalue weighted by molar-refractivity contribution is 6.03. The number of aliphatic carboxylic acids is 1. The summed E-state index contributed by atoms with van der Waals surface area (Å²) in [4.78, 5) is 22.3. The SMILES string of the molecule is COc1ccc(-c2c(-c3ccccc3)oc3ncnc(OC4CCN(C)C(CCC(=O)O)C4)c23)cc1. The highest BCUT2D eigenvalue weighted by atomic mass is 16.5. The molecule has 0 amide bonds. The Kier molecular flexibility index (Phi) is 6.86. The molecule has 2 atom stereocenters. The Bertz CT molecular complexity index is 1340. The lowest BCUT2D eigenvalue weighted by atomic mass is 9.96. The van der Waals surface area contributed by atoms with Gasteiger partial charge < -0.3 is 23.9 Å². The van der Waals surface area contributed by atoms with Crippen LogP contribution >= 0.6 is 0 Å². The molecule has 0 saturated carbocycles. The van der Waals surface area contributed by atoms with Crippen LogP contribution in [-0.2, 0) is 4.79 Å². The summed E-state index contributed by atoms with van der Waals surface area (Å²) in [5.74, 6) is 1.16. The van der Waals surface area contributed by atoms with E-state index in [4.69, 9.17) is 19.0 Å². The molecule has 2 aromatic carbocycles. The molecule has 1 aliphatic rings. The minimum absolute atomic E-state index is 0.0862. The molecule has 1 N–H and O–H groups in total.